The molecule has 27 heavy (non-hydrogen) atoms. The zero-order valence-corrected chi connectivity index (χ0v) is 17.8. The molecule has 2 heterocycles. The van der Waals surface area contributed by atoms with Crippen molar-refractivity contribution in [2.24, 2.45) is 5.92 Å². The predicted octanol–water partition coefficient (Wildman–Crippen LogP) is 2.43. The zero-order valence-electron chi connectivity index (χ0n) is 16.9. The lowest BCUT2D eigenvalue weighted by atomic mass is 9.91. The second-order valence-corrected chi connectivity index (χ2v) is 10.3. The van der Waals surface area contributed by atoms with E-state index in [4.69, 9.17) is 0 Å². The fraction of sp³-hybridized carbons (Fsp3) is 0.714. The molecule has 6 heteroatoms. The molecular weight excluding hydrogens is 358 g/mol. The summed E-state index contributed by atoms with van der Waals surface area (Å²) in [7, 11) is -0.837. The third-order valence-corrected chi connectivity index (χ3v) is 8.05. The van der Waals surface area contributed by atoms with E-state index in [2.05, 4.69) is 41.1 Å². The third kappa shape index (κ3) is 6.01. The Hall–Kier alpha value is -0.950. The lowest BCUT2D eigenvalue weighted by Crippen LogP contribution is -2.43. The molecule has 0 radical (unpaired) electrons. The zero-order chi connectivity index (χ0) is 19.3. The van der Waals surface area contributed by atoms with Gasteiger partial charge in [0, 0.05) is 45.8 Å². The van der Waals surface area contributed by atoms with Gasteiger partial charge in [-0.1, -0.05) is 31.2 Å². The van der Waals surface area contributed by atoms with Gasteiger partial charge in [0.05, 0.1) is 5.75 Å². The van der Waals surface area contributed by atoms with Gasteiger partial charge in [-0.2, -0.15) is 0 Å². The van der Waals surface area contributed by atoms with Gasteiger partial charge in [0.2, 0.25) is 10.0 Å². The van der Waals surface area contributed by atoms with Crippen LogP contribution in [0.5, 0.6) is 0 Å². The molecule has 2 aliphatic heterocycles. The molecule has 1 aromatic carbocycles. The van der Waals surface area contributed by atoms with E-state index in [1.165, 1.54) is 11.1 Å². The van der Waals surface area contributed by atoms with Gasteiger partial charge in [-0.3, -0.25) is 4.90 Å². The highest BCUT2D eigenvalue weighted by Gasteiger charge is 2.27. The highest BCUT2D eigenvalue weighted by Crippen LogP contribution is 2.24. The van der Waals surface area contributed by atoms with Crippen molar-refractivity contribution in [3.8, 4) is 0 Å². The maximum Gasteiger partial charge on any atom is 0.214 e. The molecule has 0 aromatic heterocycles. The number of sulfonamides is 1. The van der Waals surface area contributed by atoms with Gasteiger partial charge in [0.1, 0.15) is 0 Å². The van der Waals surface area contributed by atoms with E-state index in [-0.39, 0.29) is 5.75 Å². The second-order valence-electron chi connectivity index (χ2n) is 8.26. The minimum atomic E-state index is -3.03. The Kier molecular flexibility index (Phi) is 7.31. The van der Waals surface area contributed by atoms with Gasteiger partial charge in [0.25, 0.3) is 0 Å². The van der Waals surface area contributed by atoms with Crippen LogP contribution < -0.4 is 0 Å². The molecular formula is C21H35N3O2S. The Bertz CT molecular complexity index is 674. The monoisotopic (exact) mass is 393 g/mol. The first-order valence-corrected chi connectivity index (χ1v) is 12.0. The van der Waals surface area contributed by atoms with Crippen molar-refractivity contribution in [1.29, 1.82) is 0 Å². The average molecular weight is 394 g/mol. The molecule has 2 aliphatic rings. The summed E-state index contributed by atoms with van der Waals surface area (Å²) in [5, 5.41) is 0. The number of nitrogens with zero attached hydrogens (tertiary/aromatic N) is 3. The summed E-state index contributed by atoms with van der Waals surface area (Å²) in [5.41, 5.74) is 2.77. The number of benzene rings is 1. The van der Waals surface area contributed by atoms with Crippen molar-refractivity contribution in [1.82, 2.24) is 14.1 Å². The molecule has 3 rings (SSSR count). The number of hydrogen-bond acceptors (Lipinski definition) is 4. The standard InChI is InChI=1S/C21H35N3O2S/c1-3-16-27(25,26)24-10-8-20(9-11-24)17-19-4-6-21(7-5-19)18-23-14-12-22(2)13-15-23/h4-7,20H,3,8-18H2,1-2H3. The van der Waals surface area contributed by atoms with Crippen molar-refractivity contribution >= 4 is 10.0 Å². The van der Waals surface area contributed by atoms with Crippen LogP contribution in [0.2, 0.25) is 0 Å². The highest BCUT2D eigenvalue weighted by atomic mass is 32.2. The molecule has 0 aliphatic carbocycles. The Morgan fingerprint density at radius 1 is 0.926 bits per heavy atom. The maximum absolute atomic E-state index is 12.2. The van der Waals surface area contributed by atoms with Crippen molar-refractivity contribution in [3.63, 3.8) is 0 Å². The van der Waals surface area contributed by atoms with Crippen molar-refractivity contribution in [2.45, 2.75) is 39.2 Å². The number of piperidine rings is 1. The van der Waals surface area contributed by atoms with E-state index in [1.54, 1.807) is 4.31 Å². The normalized spacial score (nSPS) is 21.6. The molecule has 2 fully saturated rings. The summed E-state index contributed by atoms with van der Waals surface area (Å²) in [6.07, 6.45) is 3.72. The van der Waals surface area contributed by atoms with Gasteiger partial charge >= 0.3 is 0 Å². The Morgan fingerprint density at radius 2 is 1.52 bits per heavy atom. The first-order chi connectivity index (χ1) is 13.0. The molecule has 0 bridgehead atoms. The smallest absolute Gasteiger partial charge is 0.214 e. The summed E-state index contributed by atoms with van der Waals surface area (Å²) in [6, 6.07) is 9.08. The lowest BCUT2D eigenvalue weighted by Gasteiger charge is -2.32. The van der Waals surface area contributed by atoms with Crippen LogP contribution in [0, 0.1) is 5.92 Å². The van der Waals surface area contributed by atoms with Crippen LogP contribution in [-0.4, -0.2) is 74.6 Å². The van der Waals surface area contributed by atoms with Gasteiger partial charge in [-0.25, -0.2) is 12.7 Å². The van der Waals surface area contributed by atoms with Crippen molar-refractivity contribution in [2.75, 3.05) is 52.1 Å². The fourth-order valence-corrected chi connectivity index (χ4v) is 5.70. The van der Waals surface area contributed by atoms with Crippen LogP contribution in [0.25, 0.3) is 0 Å². The first-order valence-electron chi connectivity index (χ1n) is 10.4. The lowest BCUT2D eigenvalue weighted by molar-refractivity contribution is 0.148. The SMILES string of the molecule is CCCS(=O)(=O)N1CCC(Cc2ccc(CN3CCN(C)CC3)cc2)CC1. The van der Waals surface area contributed by atoms with Gasteiger partial charge < -0.3 is 4.90 Å². The fourth-order valence-electron chi connectivity index (χ4n) is 4.16. The average Bonchev–Trinajstić information content (AvgIpc) is 2.66. The topological polar surface area (TPSA) is 43.9 Å². The van der Waals surface area contributed by atoms with Crippen LogP contribution in [0.4, 0.5) is 0 Å². The van der Waals surface area contributed by atoms with E-state index in [0.29, 0.717) is 25.4 Å². The predicted molar refractivity (Wildman–Crippen MR) is 111 cm³/mol. The Morgan fingerprint density at radius 3 is 2.11 bits per heavy atom. The molecule has 2 saturated heterocycles. The number of rotatable bonds is 7. The van der Waals surface area contributed by atoms with Crippen LogP contribution in [0.3, 0.4) is 0 Å². The van der Waals surface area contributed by atoms with Crippen LogP contribution in [0.1, 0.15) is 37.3 Å². The van der Waals surface area contributed by atoms with Crippen LogP contribution >= 0.6 is 0 Å². The third-order valence-electron chi connectivity index (χ3n) is 5.98. The molecule has 5 nitrogen and oxygen atoms in total. The Labute approximate surface area is 165 Å². The number of likely N-dealkylation sites (N-methyl/N-ethyl adjacent to an activating group) is 1. The molecule has 1 aromatic rings. The molecule has 0 amide bonds. The summed E-state index contributed by atoms with van der Waals surface area (Å²) in [5.74, 6) is 0.883. The van der Waals surface area contributed by atoms with Gasteiger partial charge in [-0.15, -0.1) is 0 Å². The van der Waals surface area contributed by atoms with E-state index in [0.717, 1.165) is 52.0 Å². The summed E-state index contributed by atoms with van der Waals surface area (Å²) >= 11 is 0. The maximum atomic E-state index is 12.2. The van der Waals surface area contributed by atoms with Crippen LogP contribution in [-0.2, 0) is 23.0 Å². The molecule has 152 valence electrons. The van der Waals surface area contributed by atoms with E-state index in [1.807, 2.05) is 6.92 Å². The minimum absolute atomic E-state index is 0.284. The van der Waals surface area contributed by atoms with E-state index < -0.39 is 10.0 Å². The van der Waals surface area contributed by atoms with E-state index >= 15 is 0 Å². The molecule has 0 unspecified atom stereocenters. The van der Waals surface area contributed by atoms with Gasteiger partial charge in [0.15, 0.2) is 0 Å². The first kappa shape index (κ1) is 20.8. The molecule has 0 atom stereocenters. The second kappa shape index (κ2) is 9.50. The molecule has 0 spiro atoms. The Balaban J connectivity index is 1.45. The van der Waals surface area contributed by atoms with Crippen molar-refractivity contribution < 1.29 is 8.42 Å². The summed E-state index contributed by atoms with van der Waals surface area (Å²) in [4.78, 5) is 4.92. The largest absolute Gasteiger partial charge is 0.304 e. The van der Waals surface area contributed by atoms with E-state index in [9.17, 15) is 8.42 Å². The summed E-state index contributed by atoms with van der Waals surface area (Å²) in [6.45, 7) is 8.97. The summed E-state index contributed by atoms with van der Waals surface area (Å²) < 4.78 is 26.1. The van der Waals surface area contributed by atoms with Gasteiger partial charge in [-0.05, 0) is 49.8 Å². The highest BCUT2D eigenvalue weighted by molar-refractivity contribution is 7.89. The quantitative estimate of drug-likeness (QED) is 0.714. The van der Waals surface area contributed by atoms with Crippen LogP contribution in [0.15, 0.2) is 24.3 Å². The number of hydrogen-bond donors (Lipinski definition) is 0. The number of piperazine rings is 1. The molecule has 0 N–H and O–H groups in total. The molecule has 0 saturated carbocycles. The van der Waals surface area contributed by atoms with Crippen molar-refractivity contribution in [3.05, 3.63) is 35.4 Å². The minimum Gasteiger partial charge on any atom is -0.304 e.